The van der Waals surface area contributed by atoms with Crippen LogP contribution in [0.15, 0.2) is 18.2 Å². The maximum Gasteiger partial charge on any atom is 0.253 e. The Morgan fingerprint density at radius 2 is 2.10 bits per heavy atom. The Labute approximate surface area is 124 Å². The molecule has 0 heterocycles. The minimum atomic E-state index is -0.635. The van der Waals surface area contributed by atoms with Gasteiger partial charge in [0.05, 0.1) is 7.11 Å². The number of carbonyl (C=O) groups is 1. The molecular weight excluding hydrogens is 284 g/mol. The number of likely N-dealkylation sites (N-methyl/N-ethyl adjacent to an activating group) is 1. The summed E-state index contributed by atoms with van der Waals surface area (Å²) in [6.07, 6.45) is -0.635. The fourth-order valence-electron chi connectivity index (χ4n) is 1.72. The third kappa shape index (κ3) is 4.56. The number of benzene rings is 1. The fourth-order valence-corrected chi connectivity index (χ4v) is 1.72. The normalized spacial score (nSPS) is 11.4. The highest BCUT2D eigenvalue weighted by Crippen LogP contribution is 2.26. The highest BCUT2D eigenvalue weighted by molar-refractivity contribution is 5.85. The molecule has 0 aliphatic rings. The summed E-state index contributed by atoms with van der Waals surface area (Å²) in [4.78, 5) is 13.5. The van der Waals surface area contributed by atoms with Gasteiger partial charge in [0.1, 0.15) is 6.10 Å². The van der Waals surface area contributed by atoms with Crippen molar-refractivity contribution in [3.8, 4) is 11.5 Å². The molecule has 3 N–H and O–H groups in total. The van der Waals surface area contributed by atoms with E-state index in [0.717, 1.165) is 5.56 Å². The van der Waals surface area contributed by atoms with Crippen LogP contribution < -0.4 is 10.5 Å². The lowest BCUT2D eigenvalue weighted by atomic mass is 10.2. The number of phenolic OH excluding ortho intramolecular Hbond substituents is 1. The average molecular weight is 305 g/mol. The number of hydrogen-bond acceptors (Lipinski definition) is 5. The number of amides is 1. The highest BCUT2D eigenvalue weighted by atomic mass is 35.5. The highest BCUT2D eigenvalue weighted by Gasteiger charge is 2.20. The van der Waals surface area contributed by atoms with Crippen molar-refractivity contribution in [2.24, 2.45) is 5.73 Å². The first kappa shape index (κ1) is 18.5. The molecule has 1 amide bonds. The van der Waals surface area contributed by atoms with E-state index in [1.165, 1.54) is 25.2 Å². The van der Waals surface area contributed by atoms with Crippen LogP contribution in [0.3, 0.4) is 0 Å². The molecule has 0 aliphatic heterocycles. The first-order chi connectivity index (χ1) is 9.03. The van der Waals surface area contributed by atoms with Gasteiger partial charge in [-0.15, -0.1) is 12.4 Å². The van der Waals surface area contributed by atoms with E-state index >= 15 is 0 Å². The number of methoxy groups -OCH3 is 2. The first-order valence-electron chi connectivity index (χ1n) is 5.87. The molecule has 0 saturated carbocycles. The lowest BCUT2D eigenvalue weighted by molar-refractivity contribution is -0.140. The molecular formula is C13H21ClN2O4. The van der Waals surface area contributed by atoms with Crippen LogP contribution >= 0.6 is 12.4 Å². The second-order valence-corrected chi connectivity index (χ2v) is 4.16. The molecule has 7 heteroatoms. The lowest BCUT2D eigenvalue weighted by Gasteiger charge is -2.22. The van der Waals surface area contributed by atoms with Crippen LogP contribution in [-0.4, -0.2) is 49.8 Å². The summed E-state index contributed by atoms with van der Waals surface area (Å²) in [6, 6.07) is 4.94. The van der Waals surface area contributed by atoms with E-state index in [0.29, 0.717) is 12.3 Å². The summed E-state index contributed by atoms with van der Waals surface area (Å²) in [7, 11) is 4.60. The van der Waals surface area contributed by atoms with Gasteiger partial charge in [-0.05, 0) is 17.7 Å². The van der Waals surface area contributed by atoms with Crippen molar-refractivity contribution in [3.05, 3.63) is 23.8 Å². The SMILES string of the molecule is COc1cc(CN(C)C(=O)C(CN)OC)ccc1O.Cl. The number of phenols is 1. The van der Waals surface area contributed by atoms with Crippen LogP contribution in [0, 0.1) is 0 Å². The van der Waals surface area contributed by atoms with Crippen molar-refractivity contribution in [2.75, 3.05) is 27.8 Å². The molecule has 0 aliphatic carbocycles. The van der Waals surface area contributed by atoms with Crippen LogP contribution in [0.4, 0.5) is 0 Å². The van der Waals surface area contributed by atoms with Gasteiger partial charge < -0.3 is 25.2 Å². The van der Waals surface area contributed by atoms with E-state index < -0.39 is 6.10 Å². The molecule has 0 bridgehead atoms. The molecule has 0 saturated heterocycles. The minimum Gasteiger partial charge on any atom is -0.504 e. The second-order valence-electron chi connectivity index (χ2n) is 4.16. The van der Waals surface area contributed by atoms with Crippen LogP contribution in [0.1, 0.15) is 5.56 Å². The molecule has 20 heavy (non-hydrogen) atoms. The van der Waals surface area contributed by atoms with Gasteiger partial charge in [0, 0.05) is 27.2 Å². The van der Waals surface area contributed by atoms with E-state index in [1.54, 1.807) is 19.2 Å². The molecule has 1 rings (SSSR count). The van der Waals surface area contributed by atoms with E-state index in [2.05, 4.69) is 0 Å². The Balaban J connectivity index is 0.00000361. The number of aromatic hydroxyl groups is 1. The van der Waals surface area contributed by atoms with Crippen molar-refractivity contribution in [1.29, 1.82) is 0 Å². The average Bonchev–Trinajstić information content (AvgIpc) is 2.42. The molecule has 1 unspecified atom stereocenters. The second kappa shape index (κ2) is 8.63. The Morgan fingerprint density at radius 1 is 1.45 bits per heavy atom. The van der Waals surface area contributed by atoms with E-state index in [9.17, 15) is 9.90 Å². The largest absolute Gasteiger partial charge is 0.504 e. The maximum atomic E-state index is 12.0. The number of rotatable bonds is 6. The Hall–Kier alpha value is -1.50. The Bertz CT molecular complexity index is 438. The molecule has 0 radical (unpaired) electrons. The number of nitrogens with two attached hydrogens (primary N) is 1. The number of hydrogen-bond donors (Lipinski definition) is 2. The summed E-state index contributed by atoms with van der Waals surface area (Å²) >= 11 is 0. The van der Waals surface area contributed by atoms with Crippen molar-refractivity contribution in [1.82, 2.24) is 4.90 Å². The van der Waals surface area contributed by atoms with Crippen molar-refractivity contribution in [3.63, 3.8) is 0 Å². The van der Waals surface area contributed by atoms with Gasteiger partial charge in [-0.2, -0.15) is 0 Å². The molecule has 1 aromatic rings. The minimum absolute atomic E-state index is 0. The zero-order valence-electron chi connectivity index (χ0n) is 11.8. The summed E-state index contributed by atoms with van der Waals surface area (Å²) in [5, 5.41) is 9.50. The maximum absolute atomic E-state index is 12.0. The molecule has 114 valence electrons. The van der Waals surface area contributed by atoms with Crippen LogP contribution in [0.5, 0.6) is 11.5 Å². The van der Waals surface area contributed by atoms with Gasteiger partial charge in [-0.3, -0.25) is 4.79 Å². The Morgan fingerprint density at radius 3 is 2.60 bits per heavy atom. The van der Waals surface area contributed by atoms with Gasteiger partial charge >= 0.3 is 0 Å². The smallest absolute Gasteiger partial charge is 0.253 e. The number of halogens is 1. The zero-order chi connectivity index (χ0) is 14.4. The van der Waals surface area contributed by atoms with Gasteiger partial charge in [0.25, 0.3) is 5.91 Å². The van der Waals surface area contributed by atoms with Crippen LogP contribution in [0.2, 0.25) is 0 Å². The molecule has 1 aromatic carbocycles. The summed E-state index contributed by atoms with van der Waals surface area (Å²) < 4.78 is 10.0. The van der Waals surface area contributed by atoms with Gasteiger partial charge in [0.2, 0.25) is 0 Å². The molecule has 1 atom stereocenters. The fraction of sp³-hybridized carbons (Fsp3) is 0.462. The lowest BCUT2D eigenvalue weighted by Crippen LogP contribution is -2.41. The molecule has 6 nitrogen and oxygen atoms in total. The monoisotopic (exact) mass is 304 g/mol. The van der Waals surface area contributed by atoms with Crippen molar-refractivity contribution < 1.29 is 19.4 Å². The topological polar surface area (TPSA) is 85.0 Å². The van der Waals surface area contributed by atoms with Gasteiger partial charge in [0.15, 0.2) is 11.5 Å². The van der Waals surface area contributed by atoms with Gasteiger partial charge in [-0.25, -0.2) is 0 Å². The van der Waals surface area contributed by atoms with E-state index in [1.807, 2.05) is 0 Å². The Kier molecular flexibility index (Phi) is 7.98. The van der Waals surface area contributed by atoms with Crippen LogP contribution in [0.25, 0.3) is 0 Å². The summed E-state index contributed by atoms with van der Waals surface area (Å²) in [5.41, 5.74) is 6.30. The summed E-state index contributed by atoms with van der Waals surface area (Å²) in [6.45, 7) is 0.522. The third-order valence-electron chi connectivity index (χ3n) is 2.81. The van der Waals surface area contributed by atoms with E-state index in [-0.39, 0.29) is 30.6 Å². The zero-order valence-corrected chi connectivity index (χ0v) is 12.6. The summed E-state index contributed by atoms with van der Waals surface area (Å²) in [5.74, 6) is 0.259. The molecule has 0 aromatic heterocycles. The molecule has 0 fully saturated rings. The number of carbonyl (C=O) groups excluding carboxylic acids is 1. The van der Waals surface area contributed by atoms with Crippen molar-refractivity contribution >= 4 is 18.3 Å². The quantitative estimate of drug-likeness (QED) is 0.810. The standard InChI is InChI=1S/C13H20N2O4.ClH/c1-15(13(17)12(7-14)19-3)8-9-4-5-10(16)11(6-9)18-2;/h4-6,12,16H,7-8,14H2,1-3H3;1H. The van der Waals surface area contributed by atoms with Crippen molar-refractivity contribution in [2.45, 2.75) is 12.6 Å². The predicted molar refractivity (Wildman–Crippen MR) is 78.2 cm³/mol. The van der Waals surface area contributed by atoms with Crippen LogP contribution in [-0.2, 0) is 16.1 Å². The predicted octanol–water partition coefficient (Wildman–Crippen LogP) is 0.755. The van der Waals surface area contributed by atoms with Gasteiger partial charge in [-0.1, -0.05) is 6.07 Å². The van der Waals surface area contributed by atoms with E-state index in [4.69, 9.17) is 15.2 Å². The first-order valence-corrected chi connectivity index (χ1v) is 5.87. The molecule has 0 spiro atoms. The number of nitrogens with zero attached hydrogens (tertiary/aromatic N) is 1. The third-order valence-corrected chi connectivity index (χ3v) is 2.81. The number of ether oxygens (including phenoxy) is 2.